The minimum atomic E-state index is 0.522. The van der Waals surface area contributed by atoms with Gasteiger partial charge < -0.3 is 5.73 Å². The van der Waals surface area contributed by atoms with Crippen LogP contribution in [0, 0.1) is 0 Å². The lowest BCUT2D eigenvalue weighted by molar-refractivity contribution is 0.867. The molecule has 0 saturated carbocycles. The first-order chi connectivity index (χ1) is 7.18. The summed E-state index contributed by atoms with van der Waals surface area (Å²) in [5, 5.41) is 6.84. The summed E-state index contributed by atoms with van der Waals surface area (Å²) >= 11 is 0. The van der Waals surface area contributed by atoms with Gasteiger partial charge in [-0.05, 0) is 17.5 Å². The number of benzene rings is 1. The number of H-pyrrole nitrogens is 1. The number of rotatable bonds is 2. The molecule has 0 unspecified atom stereocenters. The minimum absolute atomic E-state index is 0.522. The smallest absolute Gasteiger partial charge is 0.0880 e. The molecule has 1 aromatic carbocycles. The van der Waals surface area contributed by atoms with Crippen molar-refractivity contribution in [1.29, 1.82) is 0 Å². The van der Waals surface area contributed by atoms with Crippen molar-refractivity contribution in [1.82, 2.24) is 10.2 Å². The molecule has 1 aromatic heterocycles. The molecule has 1 heterocycles. The van der Waals surface area contributed by atoms with Gasteiger partial charge in [-0.2, -0.15) is 5.10 Å². The van der Waals surface area contributed by atoms with Crippen molar-refractivity contribution in [3.05, 3.63) is 36.0 Å². The highest BCUT2D eigenvalue weighted by Crippen LogP contribution is 2.25. The third kappa shape index (κ3) is 1.86. The first-order valence-corrected chi connectivity index (χ1v) is 5.07. The molecule has 0 fully saturated rings. The van der Waals surface area contributed by atoms with E-state index in [2.05, 4.69) is 36.2 Å². The van der Waals surface area contributed by atoms with Crippen LogP contribution < -0.4 is 5.73 Å². The van der Waals surface area contributed by atoms with Crippen LogP contribution in [0.3, 0.4) is 0 Å². The average Bonchev–Trinajstić information content (AvgIpc) is 2.64. The first kappa shape index (κ1) is 9.77. The van der Waals surface area contributed by atoms with Crippen LogP contribution in [0.5, 0.6) is 0 Å². The zero-order valence-electron chi connectivity index (χ0n) is 8.99. The number of nitrogens with two attached hydrogens (primary N) is 1. The van der Waals surface area contributed by atoms with E-state index in [0.29, 0.717) is 11.6 Å². The Morgan fingerprint density at radius 1 is 1.33 bits per heavy atom. The van der Waals surface area contributed by atoms with Crippen molar-refractivity contribution in [2.45, 2.75) is 19.8 Å². The van der Waals surface area contributed by atoms with E-state index in [1.165, 1.54) is 5.56 Å². The van der Waals surface area contributed by atoms with Crippen LogP contribution in [0.1, 0.15) is 25.3 Å². The summed E-state index contributed by atoms with van der Waals surface area (Å²) in [4.78, 5) is 0. The summed E-state index contributed by atoms with van der Waals surface area (Å²) in [5.74, 6) is 0.522. The fourth-order valence-electron chi connectivity index (χ4n) is 1.58. The van der Waals surface area contributed by atoms with Gasteiger partial charge >= 0.3 is 0 Å². The van der Waals surface area contributed by atoms with E-state index < -0.39 is 0 Å². The number of aromatic amines is 1. The summed E-state index contributed by atoms with van der Waals surface area (Å²) in [6.07, 6.45) is 1.64. The fraction of sp³-hybridized carbons (Fsp3) is 0.250. The van der Waals surface area contributed by atoms with Gasteiger partial charge in [0.05, 0.1) is 17.6 Å². The summed E-state index contributed by atoms with van der Waals surface area (Å²) in [6, 6.07) is 8.36. The SMILES string of the molecule is CC(C)c1cccc(-c2[nH]ncc2N)c1. The van der Waals surface area contributed by atoms with E-state index in [9.17, 15) is 0 Å². The molecular weight excluding hydrogens is 186 g/mol. The lowest BCUT2D eigenvalue weighted by atomic mass is 9.99. The molecule has 3 N–H and O–H groups in total. The van der Waals surface area contributed by atoms with Crippen molar-refractivity contribution >= 4 is 5.69 Å². The maximum atomic E-state index is 5.81. The highest BCUT2D eigenvalue weighted by Gasteiger charge is 2.06. The van der Waals surface area contributed by atoms with Gasteiger partial charge in [0.15, 0.2) is 0 Å². The zero-order valence-corrected chi connectivity index (χ0v) is 8.99. The topological polar surface area (TPSA) is 54.7 Å². The van der Waals surface area contributed by atoms with Crippen molar-refractivity contribution in [3.8, 4) is 11.3 Å². The number of aromatic nitrogens is 2. The predicted octanol–water partition coefficient (Wildman–Crippen LogP) is 2.78. The molecule has 2 rings (SSSR count). The lowest BCUT2D eigenvalue weighted by Crippen LogP contribution is -1.90. The molecule has 0 aliphatic rings. The standard InChI is InChI=1S/C12H15N3/c1-8(2)9-4-3-5-10(6-9)12-11(13)7-14-15-12/h3-8H,13H2,1-2H3,(H,14,15). The molecule has 15 heavy (non-hydrogen) atoms. The van der Waals surface area contributed by atoms with Crippen LogP contribution in [-0.4, -0.2) is 10.2 Å². The van der Waals surface area contributed by atoms with Gasteiger partial charge in [-0.3, -0.25) is 5.10 Å². The Kier molecular flexibility index (Phi) is 2.46. The second-order valence-electron chi connectivity index (χ2n) is 3.98. The largest absolute Gasteiger partial charge is 0.396 e. The van der Waals surface area contributed by atoms with Gasteiger partial charge in [-0.1, -0.05) is 32.0 Å². The van der Waals surface area contributed by atoms with E-state index in [-0.39, 0.29) is 0 Å². The quantitative estimate of drug-likeness (QED) is 0.785. The highest BCUT2D eigenvalue weighted by molar-refractivity contribution is 5.72. The van der Waals surface area contributed by atoms with Gasteiger partial charge in [0.25, 0.3) is 0 Å². The molecule has 2 aromatic rings. The number of anilines is 1. The molecule has 0 saturated heterocycles. The van der Waals surface area contributed by atoms with Crippen molar-refractivity contribution in [2.75, 3.05) is 5.73 Å². The van der Waals surface area contributed by atoms with Crippen molar-refractivity contribution in [3.63, 3.8) is 0 Å². The maximum Gasteiger partial charge on any atom is 0.0880 e. The Morgan fingerprint density at radius 3 is 2.73 bits per heavy atom. The monoisotopic (exact) mass is 201 g/mol. The Balaban J connectivity index is 2.46. The number of nitrogens with zero attached hydrogens (tertiary/aromatic N) is 1. The van der Waals surface area contributed by atoms with Crippen LogP contribution in [0.4, 0.5) is 5.69 Å². The molecular formula is C12H15N3. The Hall–Kier alpha value is -1.77. The van der Waals surface area contributed by atoms with Crippen LogP contribution in [0.25, 0.3) is 11.3 Å². The molecule has 3 heteroatoms. The third-order valence-corrected chi connectivity index (χ3v) is 2.51. The van der Waals surface area contributed by atoms with Crippen LogP contribution >= 0.6 is 0 Å². The Morgan fingerprint density at radius 2 is 2.13 bits per heavy atom. The second kappa shape index (κ2) is 3.77. The number of hydrogen-bond acceptors (Lipinski definition) is 2. The number of nitrogen functional groups attached to an aromatic ring is 1. The van der Waals surface area contributed by atoms with Gasteiger partial charge in [-0.25, -0.2) is 0 Å². The summed E-state index contributed by atoms with van der Waals surface area (Å²) in [7, 11) is 0. The summed E-state index contributed by atoms with van der Waals surface area (Å²) < 4.78 is 0. The van der Waals surface area contributed by atoms with Gasteiger partial charge in [0.1, 0.15) is 0 Å². The lowest BCUT2D eigenvalue weighted by Gasteiger charge is -2.07. The van der Waals surface area contributed by atoms with Crippen LogP contribution in [-0.2, 0) is 0 Å². The molecule has 0 amide bonds. The highest BCUT2D eigenvalue weighted by atomic mass is 15.1. The average molecular weight is 201 g/mol. The molecule has 0 atom stereocenters. The summed E-state index contributed by atoms with van der Waals surface area (Å²) in [5.41, 5.74) is 9.80. The Bertz CT molecular complexity index is 457. The molecule has 0 spiro atoms. The number of nitrogens with one attached hydrogen (secondary N) is 1. The van der Waals surface area contributed by atoms with Crippen LogP contribution in [0.2, 0.25) is 0 Å². The van der Waals surface area contributed by atoms with Crippen molar-refractivity contribution < 1.29 is 0 Å². The molecule has 0 aliphatic carbocycles. The van der Waals surface area contributed by atoms with Crippen molar-refractivity contribution in [2.24, 2.45) is 0 Å². The second-order valence-corrected chi connectivity index (χ2v) is 3.98. The van der Waals surface area contributed by atoms with E-state index in [0.717, 1.165) is 11.3 Å². The van der Waals surface area contributed by atoms with Gasteiger partial charge in [-0.15, -0.1) is 0 Å². The molecule has 0 aliphatic heterocycles. The van der Waals surface area contributed by atoms with E-state index in [1.807, 2.05) is 12.1 Å². The fourth-order valence-corrected chi connectivity index (χ4v) is 1.58. The molecule has 3 nitrogen and oxygen atoms in total. The summed E-state index contributed by atoms with van der Waals surface area (Å²) in [6.45, 7) is 4.35. The van der Waals surface area contributed by atoms with E-state index >= 15 is 0 Å². The number of hydrogen-bond donors (Lipinski definition) is 2. The van der Waals surface area contributed by atoms with Gasteiger partial charge in [0, 0.05) is 5.56 Å². The first-order valence-electron chi connectivity index (χ1n) is 5.07. The minimum Gasteiger partial charge on any atom is -0.396 e. The van der Waals surface area contributed by atoms with Crippen LogP contribution in [0.15, 0.2) is 30.5 Å². The molecule has 0 bridgehead atoms. The maximum absolute atomic E-state index is 5.81. The Labute approximate surface area is 89.3 Å². The third-order valence-electron chi connectivity index (χ3n) is 2.51. The normalized spacial score (nSPS) is 10.9. The zero-order chi connectivity index (χ0) is 10.8. The van der Waals surface area contributed by atoms with E-state index in [1.54, 1.807) is 6.20 Å². The van der Waals surface area contributed by atoms with E-state index in [4.69, 9.17) is 5.73 Å². The molecule has 0 radical (unpaired) electrons. The molecule has 78 valence electrons. The predicted molar refractivity (Wildman–Crippen MR) is 62.5 cm³/mol. The van der Waals surface area contributed by atoms with Gasteiger partial charge in [0.2, 0.25) is 0 Å².